The molecule has 0 saturated heterocycles. The fourth-order valence-electron chi connectivity index (χ4n) is 2.19. The second kappa shape index (κ2) is 8.02. The van der Waals surface area contributed by atoms with Crippen LogP contribution in [0, 0.1) is 0 Å². The minimum atomic E-state index is -0.487. The fourth-order valence-corrected chi connectivity index (χ4v) is 2.19. The molecule has 132 valence electrons. The van der Waals surface area contributed by atoms with E-state index >= 15 is 0 Å². The van der Waals surface area contributed by atoms with Crippen LogP contribution in [-0.2, 0) is 27.4 Å². The molecule has 3 aromatic rings. The number of hydrogen-bond acceptors (Lipinski definition) is 7. The first kappa shape index (κ1) is 17.3. The van der Waals surface area contributed by atoms with E-state index in [0.29, 0.717) is 11.4 Å². The topological polar surface area (TPSA) is 96.2 Å². The van der Waals surface area contributed by atoms with Gasteiger partial charge in [-0.05, 0) is 22.9 Å². The monoisotopic (exact) mass is 352 g/mol. The Morgan fingerprint density at radius 2 is 1.77 bits per heavy atom. The molecule has 0 amide bonds. The van der Waals surface area contributed by atoms with Crippen LogP contribution in [0.25, 0.3) is 11.4 Å². The zero-order valence-corrected chi connectivity index (χ0v) is 14.0. The summed E-state index contributed by atoms with van der Waals surface area (Å²) in [6, 6.07) is 16.0. The molecule has 0 radical (unpaired) electrons. The Morgan fingerprint density at radius 1 is 1.04 bits per heavy atom. The van der Waals surface area contributed by atoms with E-state index in [1.54, 1.807) is 24.3 Å². The van der Waals surface area contributed by atoms with Gasteiger partial charge in [-0.25, -0.2) is 9.59 Å². The predicted octanol–water partition coefficient (Wildman–Crippen LogP) is 1.87. The normalized spacial score (nSPS) is 10.3. The van der Waals surface area contributed by atoms with Gasteiger partial charge in [0.25, 0.3) is 0 Å². The molecule has 2 aromatic carbocycles. The van der Waals surface area contributed by atoms with Gasteiger partial charge in [0.05, 0.1) is 12.7 Å². The van der Waals surface area contributed by atoms with E-state index in [1.165, 1.54) is 11.9 Å². The van der Waals surface area contributed by atoms with E-state index in [9.17, 15) is 9.59 Å². The summed E-state index contributed by atoms with van der Waals surface area (Å²) in [5.74, 6) is -0.462. The Labute approximate surface area is 149 Å². The Kier molecular flexibility index (Phi) is 5.33. The SMILES string of the molecule is COC(=O)c1ccc(COC(=O)Cn2nnc(-c3ccccc3)n2)cc1. The molecule has 8 nitrogen and oxygen atoms in total. The number of carbonyl (C=O) groups excluding carboxylic acids is 2. The van der Waals surface area contributed by atoms with Crippen LogP contribution in [-0.4, -0.2) is 39.3 Å². The van der Waals surface area contributed by atoms with Crippen LogP contribution in [0.15, 0.2) is 54.6 Å². The minimum Gasteiger partial charge on any atom is -0.465 e. The van der Waals surface area contributed by atoms with Gasteiger partial charge >= 0.3 is 11.9 Å². The summed E-state index contributed by atoms with van der Waals surface area (Å²) in [5, 5.41) is 11.9. The Hall–Kier alpha value is -3.55. The van der Waals surface area contributed by atoms with Gasteiger partial charge in [-0.15, -0.1) is 10.2 Å². The summed E-state index contributed by atoms with van der Waals surface area (Å²) in [6.07, 6.45) is 0. The van der Waals surface area contributed by atoms with Crippen molar-refractivity contribution >= 4 is 11.9 Å². The van der Waals surface area contributed by atoms with Gasteiger partial charge < -0.3 is 9.47 Å². The molecule has 0 aliphatic rings. The van der Waals surface area contributed by atoms with Crippen LogP contribution < -0.4 is 0 Å². The molecule has 0 bridgehead atoms. The molecule has 0 unspecified atom stereocenters. The highest BCUT2D eigenvalue weighted by Gasteiger charge is 2.11. The second-order valence-electron chi connectivity index (χ2n) is 5.36. The lowest BCUT2D eigenvalue weighted by atomic mass is 10.1. The zero-order chi connectivity index (χ0) is 18.4. The van der Waals surface area contributed by atoms with Crippen molar-refractivity contribution in [1.29, 1.82) is 0 Å². The maximum Gasteiger partial charge on any atom is 0.337 e. The van der Waals surface area contributed by atoms with Crippen molar-refractivity contribution in [3.63, 3.8) is 0 Å². The summed E-state index contributed by atoms with van der Waals surface area (Å²) >= 11 is 0. The molecule has 0 N–H and O–H groups in total. The number of carbonyl (C=O) groups is 2. The van der Waals surface area contributed by atoms with Gasteiger partial charge in [0, 0.05) is 5.56 Å². The van der Waals surface area contributed by atoms with Crippen molar-refractivity contribution in [3.8, 4) is 11.4 Å². The molecular formula is C18H16N4O4. The maximum absolute atomic E-state index is 11.9. The minimum absolute atomic E-state index is 0.0839. The number of nitrogens with zero attached hydrogens (tertiary/aromatic N) is 4. The number of tetrazole rings is 1. The summed E-state index contributed by atoms with van der Waals surface area (Å²) in [6.45, 7) is -0.0550. The second-order valence-corrected chi connectivity index (χ2v) is 5.36. The van der Waals surface area contributed by atoms with Crippen LogP contribution in [0.3, 0.4) is 0 Å². The van der Waals surface area contributed by atoms with Gasteiger partial charge in [-0.2, -0.15) is 4.80 Å². The van der Waals surface area contributed by atoms with Crippen molar-refractivity contribution in [2.45, 2.75) is 13.2 Å². The number of ether oxygens (including phenoxy) is 2. The van der Waals surface area contributed by atoms with Crippen LogP contribution in [0.4, 0.5) is 0 Å². The number of methoxy groups -OCH3 is 1. The molecular weight excluding hydrogens is 336 g/mol. The van der Waals surface area contributed by atoms with Crippen LogP contribution in [0.5, 0.6) is 0 Å². The van der Waals surface area contributed by atoms with Crippen LogP contribution in [0.1, 0.15) is 15.9 Å². The Morgan fingerprint density at radius 3 is 2.46 bits per heavy atom. The molecule has 0 aliphatic heterocycles. The average Bonchev–Trinajstić information content (AvgIpc) is 3.15. The van der Waals surface area contributed by atoms with Gasteiger partial charge in [0.1, 0.15) is 6.61 Å². The first-order valence-electron chi connectivity index (χ1n) is 7.82. The lowest BCUT2D eigenvalue weighted by Crippen LogP contribution is -2.15. The van der Waals surface area contributed by atoms with Crippen molar-refractivity contribution in [3.05, 3.63) is 65.7 Å². The summed E-state index contributed by atoms with van der Waals surface area (Å²) < 4.78 is 9.82. The number of hydrogen-bond donors (Lipinski definition) is 0. The number of esters is 2. The van der Waals surface area contributed by atoms with Gasteiger partial charge in [-0.1, -0.05) is 42.5 Å². The van der Waals surface area contributed by atoms with Gasteiger partial charge in [0.15, 0.2) is 6.54 Å². The van der Waals surface area contributed by atoms with Gasteiger partial charge in [0.2, 0.25) is 5.82 Å². The largest absolute Gasteiger partial charge is 0.465 e. The molecule has 0 atom stereocenters. The highest BCUT2D eigenvalue weighted by Crippen LogP contribution is 2.12. The van der Waals surface area contributed by atoms with E-state index < -0.39 is 11.9 Å². The van der Waals surface area contributed by atoms with E-state index in [4.69, 9.17) is 4.74 Å². The first-order chi connectivity index (χ1) is 12.7. The first-order valence-corrected chi connectivity index (χ1v) is 7.82. The van der Waals surface area contributed by atoms with Crippen molar-refractivity contribution in [2.75, 3.05) is 7.11 Å². The average molecular weight is 352 g/mol. The molecule has 1 heterocycles. The van der Waals surface area contributed by atoms with Crippen molar-refractivity contribution < 1.29 is 19.1 Å². The molecule has 8 heteroatoms. The molecule has 3 rings (SSSR count). The smallest absolute Gasteiger partial charge is 0.337 e. The van der Waals surface area contributed by atoms with E-state index in [2.05, 4.69) is 20.1 Å². The highest BCUT2D eigenvalue weighted by atomic mass is 16.5. The Bertz CT molecular complexity index is 891. The number of benzene rings is 2. The lowest BCUT2D eigenvalue weighted by molar-refractivity contribution is -0.146. The molecule has 0 aliphatic carbocycles. The summed E-state index contributed by atoms with van der Waals surface area (Å²) in [7, 11) is 1.32. The van der Waals surface area contributed by atoms with Crippen molar-refractivity contribution in [1.82, 2.24) is 20.2 Å². The standard InChI is InChI=1S/C18H16N4O4/c1-25-18(24)15-9-7-13(8-10-15)12-26-16(23)11-22-20-17(19-21-22)14-5-3-2-4-6-14/h2-10H,11-12H2,1H3. The van der Waals surface area contributed by atoms with E-state index in [0.717, 1.165) is 11.1 Å². The molecule has 0 fully saturated rings. The third kappa shape index (κ3) is 4.29. The molecule has 1 aromatic heterocycles. The Balaban J connectivity index is 1.53. The zero-order valence-electron chi connectivity index (χ0n) is 14.0. The maximum atomic E-state index is 11.9. The lowest BCUT2D eigenvalue weighted by Gasteiger charge is -2.05. The predicted molar refractivity (Wildman–Crippen MR) is 90.8 cm³/mol. The highest BCUT2D eigenvalue weighted by molar-refractivity contribution is 5.89. The van der Waals surface area contributed by atoms with Gasteiger partial charge in [-0.3, -0.25) is 0 Å². The number of aromatic nitrogens is 4. The third-order valence-electron chi connectivity index (χ3n) is 3.53. The number of rotatable bonds is 6. The quantitative estimate of drug-likeness (QED) is 0.625. The summed E-state index contributed by atoms with van der Waals surface area (Å²) in [5.41, 5.74) is 2.00. The molecule has 0 saturated carbocycles. The molecule has 0 spiro atoms. The summed E-state index contributed by atoms with van der Waals surface area (Å²) in [4.78, 5) is 24.5. The van der Waals surface area contributed by atoms with Crippen LogP contribution >= 0.6 is 0 Å². The van der Waals surface area contributed by atoms with E-state index in [1.807, 2.05) is 30.3 Å². The van der Waals surface area contributed by atoms with Crippen molar-refractivity contribution in [2.24, 2.45) is 0 Å². The molecule has 26 heavy (non-hydrogen) atoms. The van der Waals surface area contributed by atoms with E-state index in [-0.39, 0.29) is 13.2 Å². The third-order valence-corrected chi connectivity index (χ3v) is 3.53. The fraction of sp³-hybridized carbons (Fsp3) is 0.167. The van der Waals surface area contributed by atoms with Crippen LogP contribution in [0.2, 0.25) is 0 Å².